The van der Waals surface area contributed by atoms with Crippen molar-refractivity contribution in [2.24, 2.45) is 5.92 Å². The highest BCUT2D eigenvalue weighted by atomic mass is 16.2. The second-order valence-corrected chi connectivity index (χ2v) is 8.68. The number of amides is 3. The molecule has 8 nitrogen and oxygen atoms in total. The molecule has 2 aromatic rings. The number of imide groups is 1. The number of rotatable bonds is 4. The van der Waals surface area contributed by atoms with Gasteiger partial charge in [0.1, 0.15) is 0 Å². The zero-order valence-corrected chi connectivity index (χ0v) is 18.2. The van der Waals surface area contributed by atoms with E-state index in [-0.39, 0.29) is 24.3 Å². The Morgan fingerprint density at radius 3 is 2.06 bits per heavy atom. The summed E-state index contributed by atoms with van der Waals surface area (Å²) in [4.78, 5) is 41.4. The second kappa shape index (κ2) is 8.77. The Hall–Kier alpha value is -3.54. The average Bonchev–Trinajstić information content (AvgIpc) is 2.97. The first-order chi connectivity index (χ1) is 16.1. The first kappa shape index (κ1) is 21.3. The van der Waals surface area contributed by atoms with Gasteiger partial charge in [-0.05, 0) is 42.5 Å². The molecule has 3 aliphatic rings. The average molecular weight is 444 g/mol. The van der Waals surface area contributed by atoms with E-state index in [1.54, 1.807) is 24.3 Å². The van der Waals surface area contributed by atoms with Crippen molar-refractivity contribution in [3.63, 3.8) is 0 Å². The summed E-state index contributed by atoms with van der Waals surface area (Å²) in [5, 5.41) is 15.9. The van der Waals surface area contributed by atoms with E-state index >= 15 is 0 Å². The smallest absolute Gasteiger partial charge is 0.261 e. The van der Waals surface area contributed by atoms with Crippen LogP contribution in [0.1, 0.15) is 38.3 Å². The van der Waals surface area contributed by atoms with Crippen molar-refractivity contribution >= 4 is 17.7 Å². The lowest BCUT2D eigenvalue weighted by Crippen LogP contribution is -2.66. The minimum Gasteiger partial charge on any atom is -0.339 e. The Balaban J connectivity index is 1.27. The Morgan fingerprint density at radius 1 is 0.909 bits per heavy atom. The van der Waals surface area contributed by atoms with Crippen molar-refractivity contribution in [3.8, 4) is 6.07 Å². The first-order valence-corrected chi connectivity index (χ1v) is 11.3. The largest absolute Gasteiger partial charge is 0.339 e. The van der Waals surface area contributed by atoms with Gasteiger partial charge >= 0.3 is 0 Å². The summed E-state index contributed by atoms with van der Waals surface area (Å²) in [5.41, 5.74) is 3.43. The zero-order valence-electron chi connectivity index (χ0n) is 18.2. The maximum absolute atomic E-state index is 12.7. The van der Waals surface area contributed by atoms with Crippen LogP contribution in [0.4, 0.5) is 0 Å². The van der Waals surface area contributed by atoms with Gasteiger partial charge in [0, 0.05) is 19.6 Å². The first-order valence-electron chi connectivity index (χ1n) is 11.3. The van der Waals surface area contributed by atoms with Gasteiger partial charge in [-0.3, -0.25) is 29.5 Å². The summed E-state index contributed by atoms with van der Waals surface area (Å²) in [7, 11) is 0. The third-order valence-electron chi connectivity index (χ3n) is 6.79. The molecule has 0 radical (unpaired) electrons. The standard InChI is InChI=1S/C25H25N5O3/c26-15-20-22(29-12-9-16-5-1-2-6-17(16)10-13-29)27-21(28-23(20)31)11-14-30-24(32)18-7-3-4-8-19(18)25(30)33/h1-8,20-22,27H,9-14H2,(H,28,31). The molecule has 1 fully saturated rings. The van der Waals surface area contributed by atoms with Crippen LogP contribution in [0, 0.1) is 17.2 Å². The normalized spacial score (nSPS) is 25.1. The number of hydrogen-bond acceptors (Lipinski definition) is 6. The van der Waals surface area contributed by atoms with E-state index in [4.69, 9.17) is 0 Å². The van der Waals surface area contributed by atoms with E-state index in [1.807, 2.05) is 12.1 Å². The molecular formula is C25H25N5O3. The number of benzene rings is 2. The minimum atomic E-state index is -0.832. The number of nitriles is 1. The van der Waals surface area contributed by atoms with Gasteiger partial charge in [0.05, 0.1) is 29.5 Å². The monoisotopic (exact) mass is 443 g/mol. The van der Waals surface area contributed by atoms with Gasteiger partial charge in [0.25, 0.3) is 11.8 Å². The molecule has 3 atom stereocenters. The number of nitrogens with one attached hydrogen (secondary N) is 2. The van der Waals surface area contributed by atoms with E-state index in [0.29, 0.717) is 17.5 Å². The summed E-state index contributed by atoms with van der Waals surface area (Å²) in [6, 6.07) is 17.3. The molecule has 3 heterocycles. The van der Waals surface area contributed by atoms with Crippen LogP contribution >= 0.6 is 0 Å². The third-order valence-corrected chi connectivity index (χ3v) is 6.79. The maximum atomic E-state index is 12.7. The van der Waals surface area contributed by atoms with E-state index < -0.39 is 18.2 Å². The molecule has 2 N–H and O–H groups in total. The van der Waals surface area contributed by atoms with Crippen LogP contribution in [-0.4, -0.2) is 59.5 Å². The predicted molar refractivity (Wildman–Crippen MR) is 120 cm³/mol. The molecule has 0 aliphatic carbocycles. The van der Waals surface area contributed by atoms with Crippen LogP contribution in [0.3, 0.4) is 0 Å². The van der Waals surface area contributed by atoms with Crippen molar-refractivity contribution in [2.75, 3.05) is 19.6 Å². The van der Waals surface area contributed by atoms with Crippen molar-refractivity contribution in [2.45, 2.75) is 31.6 Å². The Labute approximate surface area is 192 Å². The van der Waals surface area contributed by atoms with Crippen LogP contribution < -0.4 is 10.6 Å². The van der Waals surface area contributed by atoms with Crippen molar-refractivity contribution in [1.82, 2.24) is 20.4 Å². The lowest BCUT2D eigenvalue weighted by atomic mass is 10.0. The number of hydrogen-bond donors (Lipinski definition) is 2. The zero-order chi connectivity index (χ0) is 22.9. The van der Waals surface area contributed by atoms with Gasteiger partial charge in [-0.2, -0.15) is 5.26 Å². The van der Waals surface area contributed by atoms with Gasteiger partial charge in [0.15, 0.2) is 5.92 Å². The molecule has 3 amide bonds. The topological polar surface area (TPSA) is 106 Å². The molecule has 8 heteroatoms. The summed E-state index contributed by atoms with van der Waals surface area (Å²) in [6.07, 6.45) is 1.20. The molecule has 33 heavy (non-hydrogen) atoms. The van der Waals surface area contributed by atoms with Gasteiger partial charge in [-0.15, -0.1) is 0 Å². The van der Waals surface area contributed by atoms with Crippen LogP contribution in [-0.2, 0) is 17.6 Å². The maximum Gasteiger partial charge on any atom is 0.261 e. The number of nitrogens with zero attached hydrogens (tertiary/aromatic N) is 3. The molecule has 2 aromatic carbocycles. The van der Waals surface area contributed by atoms with Crippen molar-refractivity contribution in [1.29, 1.82) is 5.26 Å². The SMILES string of the molecule is N#CC1C(=O)NC(CCN2C(=O)c3ccccc3C2=O)NC1N1CCc2ccccc2CC1. The van der Waals surface area contributed by atoms with E-state index in [0.717, 1.165) is 25.9 Å². The lowest BCUT2D eigenvalue weighted by molar-refractivity contribution is -0.130. The number of carbonyl (C=O) groups is 3. The second-order valence-electron chi connectivity index (χ2n) is 8.68. The fourth-order valence-electron chi connectivity index (χ4n) is 5.01. The molecule has 3 aliphatic heterocycles. The highest BCUT2D eigenvalue weighted by molar-refractivity contribution is 6.21. The van der Waals surface area contributed by atoms with Crippen molar-refractivity contribution < 1.29 is 14.4 Å². The highest BCUT2D eigenvalue weighted by Gasteiger charge is 2.41. The number of carbonyl (C=O) groups excluding carboxylic acids is 3. The third kappa shape index (κ3) is 3.90. The fourth-order valence-corrected chi connectivity index (χ4v) is 5.01. The predicted octanol–water partition coefficient (Wildman–Crippen LogP) is 1.28. The van der Waals surface area contributed by atoms with Crippen LogP contribution in [0.15, 0.2) is 48.5 Å². The van der Waals surface area contributed by atoms with E-state index in [9.17, 15) is 19.6 Å². The van der Waals surface area contributed by atoms with Crippen LogP contribution in [0.2, 0.25) is 0 Å². The molecule has 3 unspecified atom stereocenters. The summed E-state index contributed by atoms with van der Waals surface area (Å²) in [6.45, 7) is 1.66. The van der Waals surface area contributed by atoms with Gasteiger partial charge < -0.3 is 5.32 Å². The Morgan fingerprint density at radius 2 is 1.48 bits per heavy atom. The molecular weight excluding hydrogens is 418 g/mol. The fraction of sp³-hybridized carbons (Fsp3) is 0.360. The summed E-state index contributed by atoms with van der Waals surface area (Å²) >= 11 is 0. The van der Waals surface area contributed by atoms with Crippen LogP contribution in [0.25, 0.3) is 0 Å². The number of fused-ring (bicyclic) bond motifs is 2. The Kier molecular flexibility index (Phi) is 5.67. The highest BCUT2D eigenvalue weighted by Crippen LogP contribution is 2.24. The minimum absolute atomic E-state index is 0.180. The molecule has 0 spiro atoms. The molecule has 0 saturated carbocycles. The molecule has 0 aromatic heterocycles. The van der Waals surface area contributed by atoms with Crippen molar-refractivity contribution in [3.05, 3.63) is 70.8 Å². The summed E-state index contributed by atoms with van der Waals surface area (Å²) < 4.78 is 0. The Bertz CT molecular complexity index is 1090. The van der Waals surface area contributed by atoms with Gasteiger partial charge in [-0.1, -0.05) is 36.4 Å². The van der Waals surface area contributed by atoms with E-state index in [2.05, 4.69) is 33.7 Å². The quantitative estimate of drug-likeness (QED) is 0.690. The summed E-state index contributed by atoms with van der Waals surface area (Å²) in [5.74, 6) is -1.78. The molecule has 0 bridgehead atoms. The van der Waals surface area contributed by atoms with Crippen LogP contribution in [0.5, 0.6) is 0 Å². The lowest BCUT2D eigenvalue weighted by Gasteiger charge is -2.41. The van der Waals surface area contributed by atoms with Gasteiger partial charge in [0.2, 0.25) is 5.91 Å². The molecule has 168 valence electrons. The van der Waals surface area contributed by atoms with Gasteiger partial charge in [-0.25, -0.2) is 0 Å². The van der Waals surface area contributed by atoms with E-state index in [1.165, 1.54) is 16.0 Å². The molecule has 1 saturated heterocycles. The molecule has 5 rings (SSSR count).